The second-order valence-corrected chi connectivity index (χ2v) is 5.97. The summed E-state index contributed by atoms with van der Waals surface area (Å²) in [6, 6.07) is 3.80. The number of benzene rings is 1. The first kappa shape index (κ1) is 12.1. The molecule has 18 heavy (non-hydrogen) atoms. The first-order chi connectivity index (χ1) is 8.65. The van der Waals surface area contributed by atoms with E-state index in [2.05, 4.69) is 20.9 Å². The average molecular weight is 331 g/mol. The quantitative estimate of drug-likeness (QED) is 0.858. The second-order valence-electron chi connectivity index (χ2n) is 4.12. The zero-order valence-electron chi connectivity index (χ0n) is 9.43. The molecule has 3 rings (SSSR count). The van der Waals surface area contributed by atoms with Crippen molar-refractivity contribution < 1.29 is 13.5 Å². The molecule has 5 nitrogen and oxygen atoms in total. The van der Waals surface area contributed by atoms with Gasteiger partial charge in [-0.15, -0.1) is 0 Å². The van der Waals surface area contributed by atoms with Gasteiger partial charge in [0.05, 0.1) is 12.1 Å². The molecule has 0 spiro atoms. The van der Waals surface area contributed by atoms with E-state index in [-0.39, 0.29) is 5.75 Å². The van der Waals surface area contributed by atoms with Gasteiger partial charge < -0.3 is 13.9 Å². The minimum absolute atomic E-state index is 0.0474. The number of rotatable bonds is 2. The third-order valence-electron chi connectivity index (χ3n) is 2.89. The molecule has 1 aliphatic heterocycles. The van der Waals surface area contributed by atoms with Crippen LogP contribution < -0.4 is 4.74 Å². The van der Waals surface area contributed by atoms with Crippen molar-refractivity contribution in [2.75, 3.05) is 6.61 Å². The number of nitrogens with zero attached hydrogens (tertiary/aromatic N) is 2. The van der Waals surface area contributed by atoms with Crippen LogP contribution in [0.25, 0.3) is 11.0 Å². The molecule has 1 aliphatic rings. The normalized spacial score (nSPS) is 16.3. The number of ether oxygens (including phenoxy) is 1. The number of aromatic nitrogens is 2. The third kappa shape index (κ3) is 2.06. The topological polar surface area (TPSA) is 64.3 Å². The van der Waals surface area contributed by atoms with E-state index in [9.17, 15) is 4.21 Å². The van der Waals surface area contributed by atoms with E-state index in [0.717, 1.165) is 34.2 Å². The van der Waals surface area contributed by atoms with Crippen molar-refractivity contribution in [3.05, 3.63) is 22.4 Å². The predicted molar refractivity (Wildman–Crippen MR) is 72.0 cm³/mol. The molecular formula is C11H11BrN2O3S. The monoisotopic (exact) mass is 330 g/mol. The van der Waals surface area contributed by atoms with E-state index < -0.39 is 11.1 Å². The Balaban J connectivity index is 2.26. The third-order valence-corrected chi connectivity index (χ3v) is 3.85. The standard InChI is InChI=1S/C11H11BrN2O3S/c12-7-4-8-11-9(5-7)17-3-1-2-14(11)10(13-8)6-18(15)16/h4-5H,1-3,6H2,(H,15,16). The van der Waals surface area contributed by atoms with Crippen molar-refractivity contribution in [3.8, 4) is 5.75 Å². The maximum absolute atomic E-state index is 11.0. The summed E-state index contributed by atoms with van der Waals surface area (Å²) in [5.74, 6) is 1.46. The van der Waals surface area contributed by atoms with Crippen molar-refractivity contribution in [3.63, 3.8) is 0 Å². The van der Waals surface area contributed by atoms with E-state index in [1.165, 1.54) is 0 Å². The van der Waals surface area contributed by atoms with Crippen LogP contribution in [0, 0.1) is 0 Å². The highest BCUT2D eigenvalue weighted by atomic mass is 79.9. The fraction of sp³-hybridized carbons (Fsp3) is 0.364. The van der Waals surface area contributed by atoms with Crippen LogP contribution in [0.4, 0.5) is 0 Å². The van der Waals surface area contributed by atoms with Gasteiger partial charge in [0.25, 0.3) is 0 Å². The van der Waals surface area contributed by atoms with Crippen molar-refractivity contribution >= 4 is 38.0 Å². The lowest BCUT2D eigenvalue weighted by molar-refractivity contribution is 0.315. The number of hydrogen-bond acceptors (Lipinski definition) is 3. The summed E-state index contributed by atoms with van der Waals surface area (Å²) in [6.45, 7) is 1.41. The van der Waals surface area contributed by atoms with Crippen LogP contribution in [0.5, 0.6) is 5.75 Å². The first-order valence-corrected chi connectivity index (χ1v) is 7.61. The highest BCUT2D eigenvalue weighted by Gasteiger charge is 2.19. The predicted octanol–water partition coefficient (Wildman–Crippen LogP) is 2.30. The molecule has 1 unspecified atom stereocenters. The maximum atomic E-state index is 11.0. The summed E-state index contributed by atoms with van der Waals surface area (Å²) in [4.78, 5) is 4.43. The van der Waals surface area contributed by atoms with Gasteiger partial charge >= 0.3 is 0 Å². The Hall–Kier alpha value is -0.920. The summed E-state index contributed by atoms with van der Waals surface area (Å²) in [5.41, 5.74) is 1.71. The molecule has 0 saturated carbocycles. The minimum Gasteiger partial charge on any atom is -0.491 e. The van der Waals surface area contributed by atoms with Gasteiger partial charge in [0, 0.05) is 11.0 Å². The Labute approximate surface area is 115 Å². The second kappa shape index (κ2) is 4.64. The van der Waals surface area contributed by atoms with Gasteiger partial charge in [-0.2, -0.15) is 0 Å². The Bertz CT molecular complexity index is 641. The highest BCUT2D eigenvalue weighted by Crippen LogP contribution is 2.33. The molecule has 0 bridgehead atoms. The van der Waals surface area contributed by atoms with Gasteiger partial charge in [-0.3, -0.25) is 0 Å². The van der Waals surface area contributed by atoms with Crippen molar-refractivity contribution in [1.82, 2.24) is 9.55 Å². The van der Waals surface area contributed by atoms with Crippen LogP contribution in [-0.2, 0) is 23.4 Å². The molecule has 0 radical (unpaired) electrons. The molecule has 1 atom stereocenters. The zero-order valence-corrected chi connectivity index (χ0v) is 11.8. The number of halogens is 1. The Kier molecular flexibility index (Phi) is 3.13. The Morgan fingerprint density at radius 2 is 2.39 bits per heavy atom. The van der Waals surface area contributed by atoms with Crippen molar-refractivity contribution in [2.24, 2.45) is 0 Å². The summed E-state index contributed by atoms with van der Waals surface area (Å²) in [5, 5.41) is 0. The van der Waals surface area contributed by atoms with Crippen LogP contribution in [0.1, 0.15) is 12.2 Å². The molecule has 1 N–H and O–H groups in total. The van der Waals surface area contributed by atoms with Crippen LogP contribution in [0.3, 0.4) is 0 Å². The van der Waals surface area contributed by atoms with Crippen LogP contribution in [-0.4, -0.2) is 24.9 Å². The molecule has 7 heteroatoms. The van der Waals surface area contributed by atoms with Gasteiger partial charge in [0.15, 0.2) is 11.1 Å². The molecule has 2 aromatic rings. The SMILES string of the molecule is O=S(O)Cc1nc2cc(Br)cc3c2n1CCCO3. The molecule has 0 fully saturated rings. The number of imidazole rings is 1. The minimum atomic E-state index is -1.88. The lowest BCUT2D eigenvalue weighted by Gasteiger charge is -2.05. The molecule has 96 valence electrons. The molecular weight excluding hydrogens is 320 g/mol. The zero-order chi connectivity index (χ0) is 12.7. The van der Waals surface area contributed by atoms with Crippen LogP contribution >= 0.6 is 15.9 Å². The van der Waals surface area contributed by atoms with E-state index in [4.69, 9.17) is 9.29 Å². The van der Waals surface area contributed by atoms with Crippen molar-refractivity contribution in [1.29, 1.82) is 0 Å². The molecule has 1 aromatic heterocycles. The van der Waals surface area contributed by atoms with Gasteiger partial charge in [-0.25, -0.2) is 9.19 Å². The fourth-order valence-corrected chi connectivity index (χ4v) is 3.09. The number of hydrogen-bond donors (Lipinski definition) is 1. The number of aryl methyl sites for hydroxylation is 1. The smallest absolute Gasteiger partial charge is 0.160 e. The molecule has 1 aromatic carbocycles. The van der Waals surface area contributed by atoms with Crippen LogP contribution in [0.2, 0.25) is 0 Å². The first-order valence-electron chi connectivity index (χ1n) is 5.54. The van der Waals surface area contributed by atoms with Crippen LogP contribution in [0.15, 0.2) is 16.6 Å². The fourth-order valence-electron chi connectivity index (χ4n) is 2.22. The summed E-state index contributed by atoms with van der Waals surface area (Å²) in [6.07, 6.45) is 0.864. The largest absolute Gasteiger partial charge is 0.491 e. The van der Waals surface area contributed by atoms with Gasteiger partial charge in [0.2, 0.25) is 0 Å². The van der Waals surface area contributed by atoms with Gasteiger partial charge in [-0.05, 0) is 18.6 Å². The Morgan fingerprint density at radius 3 is 3.17 bits per heavy atom. The Morgan fingerprint density at radius 1 is 1.56 bits per heavy atom. The van der Waals surface area contributed by atoms with Gasteiger partial charge in [-0.1, -0.05) is 15.9 Å². The lowest BCUT2D eigenvalue weighted by Crippen LogP contribution is -2.06. The van der Waals surface area contributed by atoms with Crippen molar-refractivity contribution in [2.45, 2.75) is 18.7 Å². The van der Waals surface area contributed by atoms with E-state index >= 15 is 0 Å². The van der Waals surface area contributed by atoms with E-state index in [0.29, 0.717) is 12.4 Å². The summed E-state index contributed by atoms with van der Waals surface area (Å²) >= 11 is 1.54. The average Bonchev–Trinajstić information content (AvgIpc) is 2.49. The van der Waals surface area contributed by atoms with Gasteiger partial charge in [0.1, 0.15) is 22.8 Å². The molecule has 0 saturated heterocycles. The summed E-state index contributed by atoms with van der Waals surface area (Å²) < 4.78 is 28.6. The van der Waals surface area contributed by atoms with E-state index in [1.807, 2.05) is 16.7 Å². The van der Waals surface area contributed by atoms with E-state index in [1.54, 1.807) is 0 Å². The highest BCUT2D eigenvalue weighted by molar-refractivity contribution is 9.10. The lowest BCUT2D eigenvalue weighted by atomic mass is 10.3. The maximum Gasteiger partial charge on any atom is 0.160 e. The molecule has 0 aliphatic carbocycles. The molecule has 2 heterocycles. The summed E-state index contributed by atoms with van der Waals surface area (Å²) in [7, 11) is 0. The molecule has 0 amide bonds.